The van der Waals surface area contributed by atoms with Gasteiger partial charge in [-0.3, -0.25) is 4.79 Å². The van der Waals surface area contributed by atoms with Crippen molar-refractivity contribution >= 4 is 40.6 Å². The molecule has 20 heavy (non-hydrogen) atoms. The van der Waals surface area contributed by atoms with Gasteiger partial charge in [-0.15, -0.1) is 11.8 Å². The fraction of sp³-hybridized carbons (Fsp3) is 0.133. The molecule has 102 valence electrons. The number of hydrogen-bond donors (Lipinski definition) is 1. The minimum Gasteiger partial charge on any atom is -0.398 e. The zero-order valence-corrected chi connectivity index (χ0v) is 12.2. The lowest BCUT2D eigenvalue weighted by atomic mass is 10.1. The number of anilines is 2. The lowest BCUT2D eigenvalue weighted by molar-refractivity contribution is 0.0987. The number of hydrogen-bond acceptors (Lipinski definition) is 3. The summed E-state index contributed by atoms with van der Waals surface area (Å²) in [5, 5.41) is 0.413. The first-order chi connectivity index (χ1) is 9.66. The number of nitrogens with two attached hydrogens (primary N) is 1. The van der Waals surface area contributed by atoms with Crippen molar-refractivity contribution in [3.8, 4) is 0 Å². The third-order valence-electron chi connectivity index (χ3n) is 3.22. The molecule has 0 aliphatic carbocycles. The van der Waals surface area contributed by atoms with Crippen LogP contribution in [0.4, 0.5) is 11.4 Å². The van der Waals surface area contributed by atoms with E-state index in [9.17, 15) is 4.79 Å². The number of para-hydroxylation sites is 1. The SMILES string of the molecule is Nc1ccc(C(=O)N2CCSc3ccccc32)cc1Cl. The lowest BCUT2D eigenvalue weighted by Gasteiger charge is -2.29. The summed E-state index contributed by atoms with van der Waals surface area (Å²) in [4.78, 5) is 15.6. The zero-order valence-electron chi connectivity index (χ0n) is 10.7. The maximum atomic E-state index is 12.6. The van der Waals surface area contributed by atoms with Crippen LogP contribution in [0.25, 0.3) is 0 Å². The number of carbonyl (C=O) groups excluding carboxylic acids is 1. The van der Waals surface area contributed by atoms with Crippen molar-refractivity contribution < 1.29 is 4.79 Å². The summed E-state index contributed by atoms with van der Waals surface area (Å²) in [7, 11) is 0. The van der Waals surface area contributed by atoms with Crippen LogP contribution >= 0.6 is 23.4 Å². The Labute approximate surface area is 126 Å². The van der Waals surface area contributed by atoms with Gasteiger partial charge >= 0.3 is 0 Å². The topological polar surface area (TPSA) is 46.3 Å². The van der Waals surface area contributed by atoms with Crippen LogP contribution in [-0.4, -0.2) is 18.2 Å². The summed E-state index contributed by atoms with van der Waals surface area (Å²) in [6.45, 7) is 0.697. The van der Waals surface area contributed by atoms with Crippen molar-refractivity contribution in [3.63, 3.8) is 0 Å². The molecule has 2 aromatic rings. The van der Waals surface area contributed by atoms with Gasteiger partial charge < -0.3 is 10.6 Å². The van der Waals surface area contributed by atoms with Gasteiger partial charge in [0.25, 0.3) is 5.91 Å². The normalized spacial score (nSPS) is 13.9. The molecule has 3 rings (SSSR count). The molecule has 2 N–H and O–H groups in total. The van der Waals surface area contributed by atoms with Crippen LogP contribution in [0.3, 0.4) is 0 Å². The average molecular weight is 305 g/mol. The highest BCUT2D eigenvalue weighted by Gasteiger charge is 2.23. The molecule has 1 aliphatic heterocycles. The van der Waals surface area contributed by atoms with Crippen LogP contribution in [0.1, 0.15) is 10.4 Å². The summed E-state index contributed by atoms with van der Waals surface area (Å²) in [6, 6.07) is 13.0. The smallest absolute Gasteiger partial charge is 0.258 e. The molecule has 1 heterocycles. The second-order valence-electron chi connectivity index (χ2n) is 4.51. The van der Waals surface area contributed by atoms with Gasteiger partial charge in [-0.2, -0.15) is 0 Å². The van der Waals surface area contributed by atoms with Gasteiger partial charge in [-0.05, 0) is 30.3 Å². The number of carbonyl (C=O) groups is 1. The van der Waals surface area contributed by atoms with Crippen molar-refractivity contribution in [1.82, 2.24) is 0 Å². The molecule has 2 aromatic carbocycles. The standard InChI is InChI=1S/C15H13ClN2OS/c16-11-9-10(5-6-12(11)17)15(19)18-7-8-20-14-4-2-1-3-13(14)18/h1-6,9H,7-8,17H2. The lowest BCUT2D eigenvalue weighted by Crippen LogP contribution is -2.35. The van der Waals surface area contributed by atoms with Crippen LogP contribution < -0.4 is 10.6 Å². The fourth-order valence-electron chi connectivity index (χ4n) is 2.20. The van der Waals surface area contributed by atoms with Crippen LogP contribution in [0, 0.1) is 0 Å². The fourth-order valence-corrected chi connectivity index (χ4v) is 3.37. The van der Waals surface area contributed by atoms with Crippen molar-refractivity contribution in [2.24, 2.45) is 0 Å². The van der Waals surface area contributed by atoms with Gasteiger partial charge in [-0.1, -0.05) is 23.7 Å². The minimum atomic E-state index is -0.0420. The van der Waals surface area contributed by atoms with Crippen LogP contribution in [0.5, 0.6) is 0 Å². The number of fused-ring (bicyclic) bond motifs is 1. The molecule has 0 fully saturated rings. The Bertz CT molecular complexity index is 675. The van der Waals surface area contributed by atoms with E-state index in [2.05, 4.69) is 0 Å². The highest BCUT2D eigenvalue weighted by atomic mass is 35.5. The van der Waals surface area contributed by atoms with E-state index < -0.39 is 0 Å². The van der Waals surface area contributed by atoms with Gasteiger partial charge in [0, 0.05) is 22.8 Å². The first-order valence-electron chi connectivity index (χ1n) is 6.25. The number of amides is 1. The van der Waals surface area contributed by atoms with Crippen LogP contribution in [-0.2, 0) is 0 Å². The van der Waals surface area contributed by atoms with E-state index >= 15 is 0 Å². The molecule has 1 amide bonds. The molecule has 3 nitrogen and oxygen atoms in total. The summed E-state index contributed by atoms with van der Waals surface area (Å²) in [5.74, 6) is 0.852. The predicted molar refractivity (Wildman–Crippen MR) is 84.7 cm³/mol. The molecule has 0 saturated carbocycles. The van der Waals surface area contributed by atoms with Gasteiger partial charge in [0.05, 0.1) is 16.4 Å². The Kier molecular flexibility index (Phi) is 3.59. The van der Waals surface area contributed by atoms with Crippen molar-refractivity contribution in [2.45, 2.75) is 4.90 Å². The molecule has 1 aliphatic rings. The van der Waals surface area contributed by atoms with Crippen molar-refractivity contribution in [3.05, 3.63) is 53.1 Å². The monoisotopic (exact) mass is 304 g/mol. The van der Waals surface area contributed by atoms with E-state index in [0.29, 0.717) is 22.8 Å². The highest BCUT2D eigenvalue weighted by molar-refractivity contribution is 7.99. The zero-order chi connectivity index (χ0) is 14.1. The number of benzene rings is 2. The molecular formula is C15H13ClN2OS. The van der Waals surface area contributed by atoms with Crippen molar-refractivity contribution in [1.29, 1.82) is 0 Å². The minimum absolute atomic E-state index is 0.0420. The summed E-state index contributed by atoms with van der Waals surface area (Å²) < 4.78 is 0. The number of nitrogen functional groups attached to an aromatic ring is 1. The number of thioether (sulfide) groups is 1. The van der Waals surface area contributed by atoms with E-state index in [4.69, 9.17) is 17.3 Å². The Morgan fingerprint density at radius 1 is 1.25 bits per heavy atom. The molecule has 0 spiro atoms. The first kappa shape index (κ1) is 13.3. The van der Waals surface area contributed by atoms with Gasteiger partial charge in [0.1, 0.15) is 0 Å². The molecule has 0 unspecified atom stereocenters. The van der Waals surface area contributed by atoms with E-state index in [1.165, 1.54) is 0 Å². The third kappa shape index (κ3) is 2.37. The second kappa shape index (κ2) is 5.38. The molecular weight excluding hydrogens is 292 g/mol. The van der Waals surface area contributed by atoms with Crippen LogP contribution in [0.15, 0.2) is 47.4 Å². The van der Waals surface area contributed by atoms with Gasteiger partial charge in [0.2, 0.25) is 0 Å². The summed E-state index contributed by atoms with van der Waals surface area (Å²) in [6.07, 6.45) is 0. The molecule has 0 aromatic heterocycles. The molecule has 0 bridgehead atoms. The van der Waals surface area contributed by atoms with Crippen LogP contribution in [0.2, 0.25) is 5.02 Å². The van der Waals surface area contributed by atoms with Gasteiger partial charge in [0.15, 0.2) is 0 Å². The number of rotatable bonds is 1. The highest BCUT2D eigenvalue weighted by Crippen LogP contribution is 2.35. The largest absolute Gasteiger partial charge is 0.398 e. The molecule has 0 atom stereocenters. The number of nitrogens with zero attached hydrogens (tertiary/aromatic N) is 1. The summed E-state index contributed by atoms with van der Waals surface area (Å²) in [5.41, 5.74) is 7.69. The molecule has 5 heteroatoms. The Morgan fingerprint density at radius 2 is 2.05 bits per heavy atom. The second-order valence-corrected chi connectivity index (χ2v) is 6.05. The number of halogens is 1. The Morgan fingerprint density at radius 3 is 2.85 bits per heavy atom. The first-order valence-corrected chi connectivity index (χ1v) is 7.62. The maximum Gasteiger partial charge on any atom is 0.258 e. The molecule has 0 saturated heterocycles. The Hall–Kier alpha value is -1.65. The molecule has 0 radical (unpaired) electrons. The predicted octanol–water partition coefficient (Wildman–Crippen LogP) is 3.67. The quantitative estimate of drug-likeness (QED) is 0.818. The van der Waals surface area contributed by atoms with E-state index in [1.807, 2.05) is 24.3 Å². The average Bonchev–Trinajstić information content (AvgIpc) is 2.49. The van der Waals surface area contributed by atoms with E-state index in [-0.39, 0.29) is 5.91 Å². The third-order valence-corrected chi connectivity index (χ3v) is 4.59. The van der Waals surface area contributed by atoms with E-state index in [0.717, 1.165) is 16.3 Å². The maximum absolute atomic E-state index is 12.6. The Balaban J connectivity index is 1.97. The van der Waals surface area contributed by atoms with Crippen molar-refractivity contribution in [2.75, 3.05) is 22.9 Å². The van der Waals surface area contributed by atoms with E-state index in [1.54, 1.807) is 34.9 Å². The summed E-state index contributed by atoms with van der Waals surface area (Å²) >= 11 is 7.77. The van der Waals surface area contributed by atoms with Gasteiger partial charge in [-0.25, -0.2) is 0 Å².